The summed E-state index contributed by atoms with van der Waals surface area (Å²) >= 11 is 0. The Hall–Kier alpha value is -1.58. The zero-order valence-electron chi connectivity index (χ0n) is 10.8. The van der Waals surface area contributed by atoms with Crippen molar-refractivity contribution in [3.63, 3.8) is 0 Å². The topological polar surface area (TPSA) is 55.2 Å². The lowest BCUT2D eigenvalue weighted by atomic mass is 10.0. The average Bonchev–Trinajstić information content (AvgIpc) is 2.81. The normalized spacial score (nSPS) is 15.8. The first-order valence-electron chi connectivity index (χ1n) is 6.66. The van der Waals surface area contributed by atoms with Crippen LogP contribution >= 0.6 is 0 Å². The number of nitrogens with one attached hydrogen (secondary N) is 1. The summed E-state index contributed by atoms with van der Waals surface area (Å²) in [5, 5.41) is 14.1. The molecule has 1 aliphatic rings. The maximum atomic E-state index is 10.7. The van der Waals surface area contributed by atoms with E-state index < -0.39 is 0 Å². The van der Waals surface area contributed by atoms with Gasteiger partial charge in [-0.2, -0.15) is 0 Å². The van der Waals surface area contributed by atoms with Gasteiger partial charge in [0.1, 0.15) is 0 Å². The number of rotatable bonds is 5. The number of benzene rings is 1. The van der Waals surface area contributed by atoms with Crippen molar-refractivity contribution >= 4 is 11.4 Å². The summed E-state index contributed by atoms with van der Waals surface area (Å²) in [5.74, 6) is 0.872. The second-order valence-corrected chi connectivity index (χ2v) is 5.12. The van der Waals surface area contributed by atoms with E-state index in [9.17, 15) is 10.1 Å². The molecule has 98 valence electrons. The summed E-state index contributed by atoms with van der Waals surface area (Å²) < 4.78 is 0. The molecule has 18 heavy (non-hydrogen) atoms. The van der Waals surface area contributed by atoms with Crippen molar-refractivity contribution in [3.8, 4) is 0 Å². The van der Waals surface area contributed by atoms with Gasteiger partial charge >= 0.3 is 0 Å². The van der Waals surface area contributed by atoms with Crippen molar-refractivity contribution in [2.75, 3.05) is 11.9 Å². The number of hydrogen-bond acceptors (Lipinski definition) is 3. The molecule has 1 aliphatic carbocycles. The Kier molecular flexibility index (Phi) is 4.18. The van der Waals surface area contributed by atoms with E-state index in [1.807, 2.05) is 6.07 Å². The molecule has 0 spiro atoms. The molecular formula is C14H20N2O2. The lowest BCUT2D eigenvalue weighted by Crippen LogP contribution is -2.06. The molecular weight excluding hydrogens is 228 g/mol. The zero-order valence-corrected chi connectivity index (χ0v) is 10.8. The molecule has 1 aromatic rings. The van der Waals surface area contributed by atoms with Gasteiger partial charge in [-0.25, -0.2) is 0 Å². The molecule has 4 nitrogen and oxygen atoms in total. The van der Waals surface area contributed by atoms with Gasteiger partial charge in [-0.1, -0.05) is 25.7 Å². The van der Waals surface area contributed by atoms with Crippen LogP contribution in [0.3, 0.4) is 0 Å². The lowest BCUT2D eigenvalue weighted by Gasteiger charge is -2.11. The van der Waals surface area contributed by atoms with E-state index in [-0.39, 0.29) is 10.6 Å². The molecule has 0 saturated heterocycles. The first-order chi connectivity index (χ1) is 8.66. The first-order valence-corrected chi connectivity index (χ1v) is 6.66. The maximum absolute atomic E-state index is 10.7. The van der Waals surface area contributed by atoms with E-state index in [1.54, 1.807) is 19.1 Å². The molecule has 2 rings (SSSR count). The molecule has 0 bridgehead atoms. The lowest BCUT2D eigenvalue weighted by molar-refractivity contribution is -0.385. The monoisotopic (exact) mass is 248 g/mol. The quantitative estimate of drug-likeness (QED) is 0.635. The van der Waals surface area contributed by atoms with Gasteiger partial charge in [-0.3, -0.25) is 10.1 Å². The minimum absolute atomic E-state index is 0.191. The summed E-state index contributed by atoms with van der Waals surface area (Å²) in [6.07, 6.45) is 6.68. The number of hydrogen-bond donors (Lipinski definition) is 1. The molecule has 1 saturated carbocycles. The SMILES string of the molecule is Cc1cc(NCCC2CCCC2)ccc1[N+](=O)[O-]. The van der Waals surface area contributed by atoms with Gasteiger partial charge in [-0.05, 0) is 31.4 Å². The van der Waals surface area contributed by atoms with Crippen LogP contribution in [-0.4, -0.2) is 11.5 Å². The molecule has 1 N–H and O–H groups in total. The van der Waals surface area contributed by atoms with Gasteiger partial charge in [0, 0.05) is 23.9 Å². The van der Waals surface area contributed by atoms with Crippen LogP contribution in [0.2, 0.25) is 0 Å². The molecule has 0 radical (unpaired) electrons. The predicted octanol–water partition coefficient (Wildman–Crippen LogP) is 3.90. The molecule has 0 atom stereocenters. The van der Waals surface area contributed by atoms with Crippen molar-refractivity contribution in [2.45, 2.75) is 39.0 Å². The third-order valence-electron chi connectivity index (χ3n) is 3.75. The Balaban J connectivity index is 1.85. The van der Waals surface area contributed by atoms with Crippen LogP contribution in [0.15, 0.2) is 18.2 Å². The first kappa shape index (κ1) is 12.9. The molecule has 1 aromatic carbocycles. The third-order valence-corrected chi connectivity index (χ3v) is 3.75. The summed E-state index contributed by atoms with van der Waals surface area (Å²) in [7, 11) is 0. The van der Waals surface area contributed by atoms with Crippen molar-refractivity contribution in [1.29, 1.82) is 0 Å². The number of nitro groups is 1. The highest BCUT2D eigenvalue weighted by molar-refractivity contribution is 5.53. The molecule has 4 heteroatoms. The smallest absolute Gasteiger partial charge is 0.272 e. The van der Waals surface area contributed by atoms with Crippen molar-refractivity contribution in [1.82, 2.24) is 0 Å². The molecule has 0 aliphatic heterocycles. The second kappa shape index (κ2) is 5.85. The van der Waals surface area contributed by atoms with Crippen molar-refractivity contribution < 1.29 is 4.92 Å². The van der Waals surface area contributed by atoms with Gasteiger partial charge < -0.3 is 5.32 Å². The molecule has 0 amide bonds. The van der Waals surface area contributed by atoms with Crippen molar-refractivity contribution in [2.24, 2.45) is 5.92 Å². The number of nitrogens with zero attached hydrogens (tertiary/aromatic N) is 1. The van der Waals surface area contributed by atoms with Crippen LogP contribution in [0, 0.1) is 23.0 Å². The van der Waals surface area contributed by atoms with E-state index in [0.29, 0.717) is 5.56 Å². The second-order valence-electron chi connectivity index (χ2n) is 5.12. The summed E-state index contributed by atoms with van der Waals surface area (Å²) in [6.45, 7) is 2.74. The molecule has 0 heterocycles. The average molecular weight is 248 g/mol. The van der Waals surface area contributed by atoms with Gasteiger partial charge in [0.25, 0.3) is 5.69 Å². The molecule has 0 unspecified atom stereocenters. The summed E-state index contributed by atoms with van der Waals surface area (Å²) in [4.78, 5) is 10.4. The van der Waals surface area contributed by atoms with Gasteiger partial charge in [-0.15, -0.1) is 0 Å². The third kappa shape index (κ3) is 3.22. The van der Waals surface area contributed by atoms with Crippen LogP contribution in [0.4, 0.5) is 11.4 Å². The summed E-state index contributed by atoms with van der Waals surface area (Å²) in [6, 6.07) is 5.22. The molecule has 1 fully saturated rings. The number of nitro benzene ring substituents is 1. The maximum Gasteiger partial charge on any atom is 0.272 e. The minimum atomic E-state index is -0.336. The van der Waals surface area contributed by atoms with Gasteiger partial charge in [0.2, 0.25) is 0 Å². The van der Waals surface area contributed by atoms with Crippen LogP contribution in [0.25, 0.3) is 0 Å². The highest BCUT2D eigenvalue weighted by atomic mass is 16.6. The largest absolute Gasteiger partial charge is 0.385 e. The highest BCUT2D eigenvalue weighted by Crippen LogP contribution is 2.27. The van der Waals surface area contributed by atoms with Crippen LogP contribution < -0.4 is 5.32 Å². The Bertz CT molecular complexity index is 426. The van der Waals surface area contributed by atoms with Gasteiger partial charge in [0.05, 0.1) is 4.92 Å². The number of anilines is 1. The fraction of sp³-hybridized carbons (Fsp3) is 0.571. The van der Waals surface area contributed by atoms with Crippen LogP contribution in [0.1, 0.15) is 37.7 Å². The molecule has 0 aromatic heterocycles. The number of aryl methyl sites for hydroxylation is 1. The van der Waals surface area contributed by atoms with Crippen LogP contribution in [0.5, 0.6) is 0 Å². The minimum Gasteiger partial charge on any atom is -0.385 e. The Morgan fingerprint density at radius 3 is 2.72 bits per heavy atom. The fourth-order valence-corrected chi connectivity index (χ4v) is 2.69. The Morgan fingerprint density at radius 2 is 2.11 bits per heavy atom. The van der Waals surface area contributed by atoms with Gasteiger partial charge in [0.15, 0.2) is 0 Å². The van der Waals surface area contributed by atoms with E-state index >= 15 is 0 Å². The van der Waals surface area contributed by atoms with E-state index in [2.05, 4.69) is 5.32 Å². The highest BCUT2D eigenvalue weighted by Gasteiger charge is 2.14. The van der Waals surface area contributed by atoms with E-state index in [0.717, 1.165) is 18.2 Å². The Morgan fingerprint density at radius 1 is 1.39 bits per heavy atom. The predicted molar refractivity (Wildman–Crippen MR) is 72.9 cm³/mol. The fourth-order valence-electron chi connectivity index (χ4n) is 2.69. The standard InChI is InChI=1S/C14H20N2O2/c1-11-10-13(6-7-14(11)16(17)18)15-9-8-12-4-2-3-5-12/h6-7,10,12,15H,2-5,8-9H2,1H3. The van der Waals surface area contributed by atoms with Crippen molar-refractivity contribution in [3.05, 3.63) is 33.9 Å². The van der Waals surface area contributed by atoms with E-state index in [4.69, 9.17) is 0 Å². The Labute approximate surface area is 108 Å². The van der Waals surface area contributed by atoms with E-state index in [1.165, 1.54) is 32.1 Å². The zero-order chi connectivity index (χ0) is 13.0. The van der Waals surface area contributed by atoms with Crippen LogP contribution in [-0.2, 0) is 0 Å². The summed E-state index contributed by atoms with van der Waals surface area (Å²) in [5.41, 5.74) is 1.89.